The van der Waals surface area contributed by atoms with Gasteiger partial charge in [-0.2, -0.15) is 0 Å². The van der Waals surface area contributed by atoms with Gasteiger partial charge in [-0.3, -0.25) is 9.59 Å². The monoisotopic (exact) mass is 188 g/mol. The molecule has 74 valence electrons. The number of carbonyl (C=O) groups is 2. The zero-order chi connectivity index (χ0) is 9.84. The van der Waals surface area contributed by atoms with Crippen molar-refractivity contribution in [3.05, 3.63) is 0 Å². The van der Waals surface area contributed by atoms with Crippen molar-refractivity contribution < 1.29 is 23.8 Å². The second-order valence-corrected chi connectivity index (χ2v) is 2.78. The third-order valence-corrected chi connectivity index (χ3v) is 1.53. The molecule has 0 spiro atoms. The van der Waals surface area contributed by atoms with Crippen LogP contribution in [0.15, 0.2) is 0 Å². The van der Waals surface area contributed by atoms with Gasteiger partial charge in [-0.15, -0.1) is 0 Å². The van der Waals surface area contributed by atoms with Gasteiger partial charge in [0, 0.05) is 20.3 Å². The Balaban J connectivity index is 2.01. The van der Waals surface area contributed by atoms with E-state index in [0.29, 0.717) is 13.0 Å². The fourth-order valence-electron chi connectivity index (χ4n) is 0.917. The first kappa shape index (κ1) is 9.98. The summed E-state index contributed by atoms with van der Waals surface area (Å²) in [4.78, 5) is 20.8. The lowest BCUT2D eigenvalue weighted by Crippen LogP contribution is -2.08. The number of carbonyl (C=O) groups excluding carboxylic acids is 2. The number of ether oxygens (including phenoxy) is 3. The molecular formula is C8H12O5. The minimum absolute atomic E-state index is 0.108. The lowest BCUT2D eigenvalue weighted by Gasteiger charge is -1.98. The van der Waals surface area contributed by atoms with Crippen LogP contribution in [0.25, 0.3) is 0 Å². The number of hydrogen-bond donors (Lipinski definition) is 0. The summed E-state index contributed by atoms with van der Waals surface area (Å²) in [5.41, 5.74) is 0. The Morgan fingerprint density at radius 3 is 2.54 bits per heavy atom. The van der Waals surface area contributed by atoms with E-state index in [2.05, 4.69) is 4.74 Å². The first-order chi connectivity index (χ1) is 6.09. The van der Waals surface area contributed by atoms with Crippen LogP contribution in [0.1, 0.15) is 20.3 Å². The topological polar surface area (TPSA) is 65.1 Å². The van der Waals surface area contributed by atoms with E-state index < -0.39 is 6.29 Å². The van der Waals surface area contributed by atoms with E-state index in [9.17, 15) is 9.59 Å². The van der Waals surface area contributed by atoms with Crippen LogP contribution in [-0.2, 0) is 23.8 Å². The predicted octanol–water partition coefficient (Wildman–Crippen LogP) is 0.228. The molecule has 0 saturated carbocycles. The summed E-state index contributed by atoms with van der Waals surface area (Å²) in [6, 6.07) is 0. The quantitative estimate of drug-likeness (QED) is 0.466. The summed E-state index contributed by atoms with van der Waals surface area (Å²) in [6.07, 6.45) is 0.0219. The fraction of sp³-hybridized carbons (Fsp3) is 0.750. The SMILES string of the molecule is CC(=O)OCCC1OC1OC(C)=O. The van der Waals surface area contributed by atoms with Gasteiger partial charge in [0.2, 0.25) is 6.29 Å². The molecule has 5 nitrogen and oxygen atoms in total. The molecule has 1 heterocycles. The minimum atomic E-state index is -0.437. The molecule has 1 fully saturated rings. The van der Waals surface area contributed by atoms with E-state index in [1.807, 2.05) is 0 Å². The van der Waals surface area contributed by atoms with Gasteiger partial charge in [-0.25, -0.2) is 0 Å². The molecule has 2 atom stereocenters. The molecule has 0 N–H and O–H groups in total. The number of epoxide rings is 1. The molecule has 1 aliphatic heterocycles. The smallest absolute Gasteiger partial charge is 0.305 e. The normalized spacial score (nSPS) is 25.1. The first-order valence-corrected chi connectivity index (χ1v) is 4.05. The van der Waals surface area contributed by atoms with Gasteiger partial charge in [0.25, 0.3) is 0 Å². The second-order valence-electron chi connectivity index (χ2n) is 2.78. The van der Waals surface area contributed by atoms with Gasteiger partial charge in [0.15, 0.2) is 0 Å². The summed E-state index contributed by atoms with van der Waals surface area (Å²) in [5, 5.41) is 0. The van der Waals surface area contributed by atoms with E-state index in [1.54, 1.807) is 0 Å². The number of esters is 2. The van der Waals surface area contributed by atoms with Gasteiger partial charge in [0.1, 0.15) is 6.10 Å². The molecule has 13 heavy (non-hydrogen) atoms. The van der Waals surface area contributed by atoms with Gasteiger partial charge in [-0.1, -0.05) is 0 Å². The molecule has 0 amide bonds. The summed E-state index contributed by atoms with van der Waals surface area (Å²) >= 11 is 0. The summed E-state index contributed by atoms with van der Waals surface area (Å²) in [6.45, 7) is 2.97. The Labute approximate surface area is 76.0 Å². The average molecular weight is 188 g/mol. The van der Waals surface area contributed by atoms with E-state index in [-0.39, 0.29) is 18.0 Å². The molecule has 0 bridgehead atoms. The van der Waals surface area contributed by atoms with Crippen molar-refractivity contribution >= 4 is 11.9 Å². The summed E-state index contributed by atoms with van der Waals surface area (Å²) in [7, 11) is 0. The van der Waals surface area contributed by atoms with E-state index in [0.717, 1.165) is 0 Å². The highest BCUT2D eigenvalue weighted by Gasteiger charge is 2.41. The van der Waals surface area contributed by atoms with Crippen molar-refractivity contribution in [2.24, 2.45) is 0 Å². The Kier molecular flexibility index (Phi) is 3.25. The number of rotatable bonds is 4. The second kappa shape index (κ2) is 4.23. The molecule has 1 aliphatic rings. The fourth-order valence-corrected chi connectivity index (χ4v) is 0.917. The molecule has 0 radical (unpaired) electrons. The Bertz CT molecular complexity index is 213. The Morgan fingerprint density at radius 1 is 1.31 bits per heavy atom. The van der Waals surface area contributed by atoms with Gasteiger partial charge < -0.3 is 14.2 Å². The molecule has 2 unspecified atom stereocenters. The largest absolute Gasteiger partial charge is 0.466 e. The zero-order valence-electron chi connectivity index (χ0n) is 7.61. The highest BCUT2D eigenvalue weighted by molar-refractivity contribution is 5.66. The van der Waals surface area contributed by atoms with Crippen molar-refractivity contribution in [3.63, 3.8) is 0 Å². The highest BCUT2D eigenvalue weighted by Crippen LogP contribution is 2.26. The summed E-state index contributed by atoms with van der Waals surface area (Å²) < 4.78 is 14.4. The molecule has 0 aliphatic carbocycles. The van der Waals surface area contributed by atoms with E-state index >= 15 is 0 Å². The van der Waals surface area contributed by atoms with E-state index in [4.69, 9.17) is 9.47 Å². The van der Waals surface area contributed by atoms with Gasteiger partial charge >= 0.3 is 11.9 Å². The van der Waals surface area contributed by atoms with Crippen LogP contribution in [-0.4, -0.2) is 30.9 Å². The molecule has 1 rings (SSSR count). The lowest BCUT2D eigenvalue weighted by molar-refractivity contribution is -0.146. The van der Waals surface area contributed by atoms with Crippen LogP contribution in [0.2, 0.25) is 0 Å². The lowest BCUT2D eigenvalue weighted by atomic mass is 10.3. The van der Waals surface area contributed by atoms with Crippen LogP contribution in [0.3, 0.4) is 0 Å². The average Bonchev–Trinajstić information content (AvgIpc) is 2.65. The minimum Gasteiger partial charge on any atom is -0.466 e. The predicted molar refractivity (Wildman–Crippen MR) is 41.7 cm³/mol. The van der Waals surface area contributed by atoms with Crippen molar-refractivity contribution in [1.82, 2.24) is 0 Å². The first-order valence-electron chi connectivity index (χ1n) is 4.05. The maximum atomic E-state index is 10.4. The van der Waals surface area contributed by atoms with Crippen LogP contribution in [0.4, 0.5) is 0 Å². The summed E-state index contributed by atoms with van der Waals surface area (Å²) in [5.74, 6) is -0.676. The maximum absolute atomic E-state index is 10.4. The molecule has 0 aromatic heterocycles. The van der Waals surface area contributed by atoms with Gasteiger partial charge in [-0.05, 0) is 0 Å². The maximum Gasteiger partial charge on any atom is 0.305 e. The van der Waals surface area contributed by atoms with Crippen molar-refractivity contribution in [1.29, 1.82) is 0 Å². The highest BCUT2D eigenvalue weighted by atomic mass is 16.8. The third kappa shape index (κ3) is 3.89. The van der Waals surface area contributed by atoms with Crippen LogP contribution in [0, 0.1) is 0 Å². The standard InChI is InChI=1S/C8H12O5/c1-5(9)11-4-3-7-8(13-7)12-6(2)10/h7-8H,3-4H2,1-2H3. The van der Waals surface area contributed by atoms with Gasteiger partial charge in [0.05, 0.1) is 6.61 Å². The Morgan fingerprint density at radius 2 is 2.00 bits per heavy atom. The number of hydrogen-bond acceptors (Lipinski definition) is 5. The van der Waals surface area contributed by atoms with Crippen LogP contribution in [0.5, 0.6) is 0 Å². The Hall–Kier alpha value is -1.10. The zero-order valence-corrected chi connectivity index (χ0v) is 7.61. The molecular weight excluding hydrogens is 176 g/mol. The van der Waals surface area contributed by atoms with Crippen molar-refractivity contribution in [2.75, 3.05) is 6.61 Å². The molecule has 5 heteroatoms. The molecule has 1 saturated heterocycles. The van der Waals surface area contributed by atoms with Crippen LogP contribution < -0.4 is 0 Å². The van der Waals surface area contributed by atoms with E-state index in [1.165, 1.54) is 13.8 Å². The van der Waals surface area contributed by atoms with Crippen LogP contribution >= 0.6 is 0 Å². The third-order valence-electron chi connectivity index (χ3n) is 1.53. The molecule has 0 aromatic carbocycles. The molecule has 0 aromatic rings. The van der Waals surface area contributed by atoms with Crippen molar-refractivity contribution in [3.8, 4) is 0 Å². The van der Waals surface area contributed by atoms with Crippen molar-refractivity contribution in [2.45, 2.75) is 32.7 Å².